The van der Waals surface area contributed by atoms with Crippen LogP contribution in [0.1, 0.15) is 28.5 Å². The fourth-order valence-electron chi connectivity index (χ4n) is 3.57. The van der Waals surface area contributed by atoms with Gasteiger partial charge in [-0.1, -0.05) is 30.3 Å². The van der Waals surface area contributed by atoms with Gasteiger partial charge in [-0.3, -0.25) is 0 Å². The molecule has 2 unspecified atom stereocenters. The lowest BCUT2D eigenvalue weighted by molar-refractivity contribution is 0.247. The van der Waals surface area contributed by atoms with Crippen LogP contribution in [0.5, 0.6) is 17.2 Å². The molecule has 0 fully saturated rings. The number of aromatic hydroxyl groups is 2. The maximum atomic E-state index is 9.77. The molecule has 0 radical (unpaired) electrons. The van der Waals surface area contributed by atoms with Crippen molar-refractivity contribution >= 4 is 5.69 Å². The number of phenols is 2. The van der Waals surface area contributed by atoms with E-state index in [0.29, 0.717) is 18.0 Å². The van der Waals surface area contributed by atoms with Crippen LogP contribution in [0.2, 0.25) is 0 Å². The van der Waals surface area contributed by atoms with Crippen LogP contribution in [0.15, 0.2) is 66.7 Å². The first-order valence-corrected chi connectivity index (χ1v) is 8.22. The molecular weight excluding hydrogens is 314 g/mol. The highest BCUT2D eigenvalue weighted by atomic mass is 16.5. The van der Waals surface area contributed by atoms with Crippen LogP contribution in [-0.2, 0) is 0 Å². The molecule has 0 aromatic heterocycles. The molecule has 25 heavy (non-hydrogen) atoms. The zero-order valence-electron chi connectivity index (χ0n) is 13.6. The van der Waals surface area contributed by atoms with Gasteiger partial charge < -0.3 is 20.7 Å². The molecule has 2 atom stereocenters. The summed E-state index contributed by atoms with van der Waals surface area (Å²) in [4.78, 5) is 0. The van der Waals surface area contributed by atoms with Crippen molar-refractivity contribution in [1.29, 1.82) is 0 Å². The first-order valence-electron chi connectivity index (χ1n) is 8.22. The van der Waals surface area contributed by atoms with E-state index in [1.165, 1.54) is 0 Å². The molecule has 1 aliphatic heterocycles. The molecule has 0 saturated heterocycles. The highest BCUT2D eigenvalue weighted by Gasteiger charge is 2.33. The van der Waals surface area contributed by atoms with Crippen LogP contribution in [0, 0.1) is 0 Å². The third kappa shape index (κ3) is 2.87. The summed E-state index contributed by atoms with van der Waals surface area (Å²) in [6.45, 7) is 0.487. The number of nitrogen functional groups attached to an aromatic ring is 1. The molecule has 1 aliphatic rings. The molecule has 126 valence electrons. The maximum Gasteiger partial charge on any atom is 0.126 e. The largest absolute Gasteiger partial charge is 0.508 e. The zero-order chi connectivity index (χ0) is 17.4. The molecule has 1 heterocycles. The van der Waals surface area contributed by atoms with Crippen molar-refractivity contribution in [2.45, 2.75) is 11.8 Å². The van der Waals surface area contributed by atoms with E-state index in [0.717, 1.165) is 16.7 Å². The van der Waals surface area contributed by atoms with Gasteiger partial charge in [0.25, 0.3) is 0 Å². The van der Waals surface area contributed by atoms with Crippen molar-refractivity contribution in [2.75, 3.05) is 12.3 Å². The normalized spacial score (nSPS) is 19.0. The van der Waals surface area contributed by atoms with Crippen LogP contribution in [0.4, 0.5) is 5.69 Å². The predicted molar refractivity (Wildman–Crippen MR) is 97.1 cm³/mol. The summed E-state index contributed by atoms with van der Waals surface area (Å²) in [6.07, 6.45) is 0. The fourth-order valence-corrected chi connectivity index (χ4v) is 3.57. The average Bonchev–Trinajstić information content (AvgIpc) is 2.61. The lowest BCUT2D eigenvalue weighted by Gasteiger charge is -2.34. The van der Waals surface area contributed by atoms with Gasteiger partial charge in [0.1, 0.15) is 17.2 Å². The van der Waals surface area contributed by atoms with Crippen LogP contribution in [0.3, 0.4) is 0 Å². The van der Waals surface area contributed by atoms with E-state index in [-0.39, 0.29) is 23.3 Å². The van der Waals surface area contributed by atoms with E-state index in [2.05, 4.69) is 6.07 Å². The second-order valence-electron chi connectivity index (χ2n) is 6.38. The molecule has 0 saturated carbocycles. The van der Waals surface area contributed by atoms with Gasteiger partial charge >= 0.3 is 0 Å². The highest BCUT2D eigenvalue weighted by molar-refractivity contribution is 5.53. The van der Waals surface area contributed by atoms with Crippen molar-refractivity contribution in [1.82, 2.24) is 0 Å². The standard InChI is InChI=1S/C21H19NO3/c22-15-3-1-2-14(10-15)21-18-9-8-17(24)11-20(18)25-12-19(21)13-4-6-16(23)7-5-13/h1-11,19,21,23-24H,12,22H2. The molecule has 4 heteroatoms. The number of hydrogen-bond acceptors (Lipinski definition) is 4. The molecular formula is C21H19NO3. The van der Waals surface area contributed by atoms with Crippen molar-refractivity contribution in [3.8, 4) is 17.2 Å². The first-order chi connectivity index (χ1) is 12.1. The van der Waals surface area contributed by atoms with Crippen molar-refractivity contribution in [2.24, 2.45) is 0 Å². The van der Waals surface area contributed by atoms with Gasteiger partial charge in [0, 0.05) is 29.2 Å². The van der Waals surface area contributed by atoms with Crippen molar-refractivity contribution in [3.05, 3.63) is 83.4 Å². The predicted octanol–water partition coefficient (Wildman–Crippen LogP) is 3.99. The third-order valence-corrected chi connectivity index (χ3v) is 4.74. The SMILES string of the molecule is Nc1cccc(C2c3ccc(O)cc3OCC2c2ccc(O)cc2)c1. The molecule has 0 bridgehead atoms. The minimum absolute atomic E-state index is 0.0531. The molecule has 4 nitrogen and oxygen atoms in total. The Morgan fingerprint density at radius 1 is 0.840 bits per heavy atom. The Hall–Kier alpha value is -3.14. The van der Waals surface area contributed by atoms with Gasteiger partial charge in [-0.05, 0) is 41.5 Å². The summed E-state index contributed by atoms with van der Waals surface area (Å²) in [5.74, 6) is 1.26. The number of fused-ring (bicyclic) bond motifs is 1. The molecule has 4 N–H and O–H groups in total. The Kier molecular flexibility index (Phi) is 3.73. The maximum absolute atomic E-state index is 9.77. The van der Waals surface area contributed by atoms with Crippen LogP contribution in [-0.4, -0.2) is 16.8 Å². The number of nitrogens with two attached hydrogens (primary N) is 1. The molecule has 0 spiro atoms. The van der Waals surface area contributed by atoms with Crippen LogP contribution >= 0.6 is 0 Å². The topological polar surface area (TPSA) is 75.7 Å². The minimum atomic E-state index is 0.0531. The summed E-state index contributed by atoms with van der Waals surface area (Å²) in [6, 6.07) is 20.4. The summed E-state index contributed by atoms with van der Waals surface area (Å²) >= 11 is 0. The van der Waals surface area contributed by atoms with Crippen LogP contribution in [0.25, 0.3) is 0 Å². The highest BCUT2D eigenvalue weighted by Crippen LogP contribution is 2.47. The van der Waals surface area contributed by atoms with Gasteiger partial charge in [0.2, 0.25) is 0 Å². The number of rotatable bonds is 2. The first kappa shape index (κ1) is 15.4. The Morgan fingerprint density at radius 3 is 2.36 bits per heavy atom. The number of phenolic OH excluding ortho intramolecular Hbond substituents is 2. The molecule has 4 rings (SSSR count). The summed E-state index contributed by atoms with van der Waals surface area (Å²) in [5.41, 5.74) is 9.94. The van der Waals surface area contributed by atoms with Crippen molar-refractivity contribution < 1.29 is 14.9 Å². The number of anilines is 1. The van der Waals surface area contributed by atoms with E-state index in [4.69, 9.17) is 10.5 Å². The van der Waals surface area contributed by atoms with E-state index in [1.807, 2.05) is 36.4 Å². The van der Waals surface area contributed by atoms with E-state index >= 15 is 0 Å². The quantitative estimate of drug-likeness (QED) is 0.620. The van der Waals surface area contributed by atoms with Gasteiger partial charge in [-0.2, -0.15) is 0 Å². The lowest BCUT2D eigenvalue weighted by atomic mass is 9.76. The Morgan fingerprint density at radius 2 is 1.60 bits per heavy atom. The second-order valence-corrected chi connectivity index (χ2v) is 6.38. The van der Waals surface area contributed by atoms with Gasteiger partial charge in [-0.15, -0.1) is 0 Å². The van der Waals surface area contributed by atoms with Crippen molar-refractivity contribution in [3.63, 3.8) is 0 Å². The minimum Gasteiger partial charge on any atom is -0.508 e. The summed E-state index contributed by atoms with van der Waals surface area (Å²) in [7, 11) is 0. The third-order valence-electron chi connectivity index (χ3n) is 4.74. The summed E-state index contributed by atoms with van der Waals surface area (Å²) in [5, 5.41) is 19.4. The Labute approximate surface area is 146 Å². The van der Waals surface area contributed by atoms with Gasteiger partial charge in [0.15, 0.2) is 0 Å². The Bertz CT molecular complexity index is 905. The van der Waals surface area contributed by atoms with Gasteiger partial charge in [-0.25, -0.2) is 0 Å². The van der Waals surface area contributed by atoms with E-state index in [1.54, 1.807) is 24.3 Å². The second kappa shape index (κ2) is 6.06. The molecule has 0 amide bonds. The average molecular weight is 333 g/mol. The van der Waals surface area contributed by atoms with Crippen LogP contribution < -0.4 is 10.5 Å². The Balaban J connectivity index is 1.86. The number of ether oxygens (including phenoxy) is 1. The van der Waals surface area contributed by atoms with Gasteiger partial charge in [0.05, 0.1) is 6.61 Å². The fraction of sp³-hybridized carbons (Fsp3) is 0.143. The molecule has 3 aromatic rings. The van der Waals surface area contributed by atoms with E-state index in [9.17, 15) is 10.2 Å². The van der Waals surface area contributed by atoms with E-state index < -0.39 is 0 Å². The zero-order valence-corrected chi connectivity index (χ0v) is 13.6. The summed E-state index contributed by atoms with van der Waals surface area (Å²) < 4.78 is 5.93. The lowest BCUT2D eigenvalue weighted by Crippen LogP contribution is -2.25. The number of hydrogen-bond donors (Lipinski definition) is 3. The number of benzene rings is 3. The smallest absolute Gasteiger partial charge is 0.126 e. The monoisotopic (exact) mass is 333 g/mol. The molecule has 3 aromatic carbocycles. The molecule has 0 aliphatic carbocycles.